The Labute approximate surface area is 103 Å². The lowest BCUT2D eigenvalue weighted by Gasteiger charge is -2.44. The number of pyridine rings is 1. The Morgan fingerprint density at radius 3 is 2.53 bits per heavy atom. The summed E-state index contributed by atoms with van der Waals surface area (Å²) in [5.41, 5.74) is 1.70. The van der Waals surface area contributed by atoms with E-state index in [4.69, 9.17) is 4.74 Å². The molecular formula is C14H20N2O. The molecule has 0 aliphatic carbocycles. The second-order valence-electron chi connectivity index (χ2n) is 5.41. The van der Waals surface area contributed by atoms with Crippen LogP contribution >= 0.6 is 0 Å². The van der Waals surface area contributed by atoms with Crippen LogP contribution in [-0.4, -0.2) is 31.3 Å². The monoisotopic (exact) mass is 232 g/mol. The van der Waals surface area contributed by atoms with Crippen LogP contribution in [0.2, 0.25) is 0 Å². The highest BCUT2D eigenvalue weighted by Gasteiger charge is 2.41. The van der Waals surface area contributed by atoms with E-state index in [0.717, 1.165) is 19.1 Å². The lowest BCUT2D eigenvalue weighted by Crippen LogP contribution is -2.49. The van der Waals surface area contributed by atoms with Gasteiger partial charge in [-0.2, -0.15) is 0 Å². The second kappa shape index (κ2) is 4.75. The molecule has 17 heavy (non-hydrogen) atoms. The largest absolute Gasteiger partial charge is 0.379 e. The molecule has 3 heteroatoms. The predicted molar refractivity (Wildman–Crippen MR) is 66.9 cm³/mol. The highest BCUT2D eigenvalue weighted by Crippen LogP contribution is 2.39. The van der Waals surface area contributed by atoms with Crippen LogP contribution in [0.4, 0.5) is 0 Å². The molecular weight excluding hydrogens is 212 g/mol. The summed E-state index contributed by atoms with van der Waals surface area (Å²) < 4.78 is 5.50. The molecule has 2 saturated heterocycles. The molecule has 1 aromatic heterocycles. The molecule has 1 N–H and O–H groups in total. The van der Waals surface area contributed by atoms with Gasteiger partial charge in [0, 0.05) is 17.8 Å². The van der Waals surface area contributed by atoms with Crippen molar-refractivity contribution in [2.24, 2.45) is 5.92 Å². The molecule has 2 aliphatic heterocycles. The summed E-state index contributed by atoms with van der Waals surface area (Å²) in [6.07, 6.45) is 7.70. The maximum absolute atomic E-state index is 5.50. The van der Waals surface area contributed by atoms with Gasteiger partial charge < -0.3 is 10.1 Å². The number of aromatic nitrogens is 1. The van der Waals surface area contributed by atoms with Crippen LogP contribution in [0.3, 0.4) is 0 Å². The molecule has 1 aromatic rings. The third-order valence-electron chi connectivity index (χ3n) is 4.19. The number of ether oxygens (including phenoxy) is 1. The van der Waals surface area contributed by atoms with Gasteiger partial charge in [0.05, 0.1) is 13.2 Å². The summed E-state index contributed by atoms with van der Waals surface area (Å²) in [7, 11) is 0. The van der Waals surface area contributed by atoms with Crippen molar-refractivity contribution in [3.8, 4) is 0 Å². The van der Waals surface area contributed by atoms with Crippen molar-refractivity contribution in [3.63, 3.8) is 0 Å². The van der Waals surface area contributed by atoms with Crippen molar-refractivity contribution in [2.45, 2.75) is 24.7 Å². The van der Waals surface area contributed by atoms with E-state index in [9.17, 15) is 0 Å². The summed E-state index contributed by atoms with van der Waals surface area (Å²) in [4.78, 5) is 4.11. The zero-order valence-corrected chi connectivity index (χ0v) is 10.2. The van der Waals surface area contributed by atoms with Crippen molar-refractivity contribution in [3.05, 3.63) is 30.1 Å². The van der Waals surface area contributed by atoms with Gasteiger partial charge in [0.25, 0.3) is 0 Å². The van der Waals surface area contributed by atoms with Crippen LogP contribution in [0.1, 0.15) is 24.8 Å². The maximum Gasteiger partial charge on any atom is 0.0585 e. The highest BCUT2D eigenvalue weighted by molar-refractivity contribution is 5.25. The molecule has 0 atom stereocenters. The average Bonchev–Trinajstić information content (AvgIpc) is 2.36. The molecule has 0 saturated carbocycles. The zero-order chi connectivity index (χ0) is 11.6. The number of nitrogens with one attached hydrogen (secondary N) is 1. The molecule has 0 radical (unpaired) electrons. The van der Waals surface area contributed by atoms with E-state index in [1.54, 1.807) is 0 Å². The van der Waals surface area contributed by atoms with Crippen LogP contribution in [0.25, 0.3) is 0 Å². The van der Waals surface area contributed by atoms with Crippen LogP contribution in [-0.2, 0) is 10.2 Å². The molecule has 3 heterocycles. The van der Waals surface area contributed by atoms with Crippen molar-refractivity contribution in [2.75, 3.05) is 26.3 Å². The van der Waals surface area contributed by atoms with Gasteiger partial charge in [0.1, 0.15) is 0 Å². The van der Waals surface area contributed by atoms with Crippen molar-refractivity contribution >= 4 is 0 Å². The van der Waals surface area contributed by atoms with Crippen LogP contribution in [0, 0.1) is 5.92 Å². The fourth-order valence-corrected chi connectivity index (χ4v) is 3.09. The van der Waals surface area contributed by atoms with Crippen LogP contribution in [0.5, 0.6) is 0 Å². The minimum Gasteiger partial charge on any atom is -0.379 e. The Bertz CT molecular complexity index is 356. The minimum absolute atomic E-state index is 0.283. The first kappa shape index (κ1) is 11.2. The van der Waals surface area contributed by atoms with Crippen LogP contribution < -0.4 is 5.32 Å². The molecule has 3 rings (SSSR count). The summed E-state index contributed by atoms with van der Waals surface area (Å²) in [5, 5.41) is 3.44. The number of piperidine rings is 1. The average molecular weight is 232 g/mol. The Kier molecular flexibility index (Phi) is 3.12. The smallest absolute Gasteiger partial charge is 0.0585 e. The Balaban J connectivity index is 1.73. The molecule has 92 valence electrons. The van der Waals surface area contributed by atoms with Gasteiger partial charge in [-0.05, 0) is 56.0 Å². The Hall–Kier alpha value is -0.930. The molecule has 2 fully saturated rings. The predicted octanol–water partition coefficient (Wildman–Crippen LogP) is 1.74. The van der Waals surface area contributed by atoms with Crippen molar-refractivity contribution in [1.82, 2.24) is 10.3 Å². The first-order chi connectivity index (χ1) is 8.39. The minimum atomic E-state index is 0.283. The standard InChI is InChI=1S/C14H20N2O/c1-5-15-6-2-12(1)9-14(10-17-11-14)13-3-7-16-8-4-13/h3-4,7-8,12,15H,1-2,5-6,9-11H2. The highest BCUT2D eigenvalue weighted by atomic mass is 16.5. The Morgan fingerprint density at radius 2 is 1.94 bits per heavy atom. The number of hydrogen-bond donors (Lipinski definition) is 1. The Morgan fingerprint density at radius 1 is 1.24 bits per heavy atom. The fourth-order valence-electron chi connectivity index (χ4n) is 3.09. The van der Waals surface area contributed by atoms with Gasteiger partial charge in [-0.3, -0.25) is 4.98 Å². The molecule has 0 spiro atoms. The molecule has 3 nitrogen and oxygen atoms in total. The molecule has 0 unspecified atom stereocenters. The maximum atomic E-state index is 5.50. The summed E-state index contributed by atoms with van der Waals surface area (Å²) in [5.74, 6) is 0.855. The lowest BCUT2D eigenvalue weighted by molar-refractivity contribution is -0.0731. The number of hydrogen-bond acceptors (Lipinski definition) is 3. The van der Waals surface area contributed by atoms with E-state index >= 15 is 0 Å². The molecule has 0 aromatic carbocycles. The topological polar surface area (TPSA) is 34.1 Å². The van der Waals surface area contributed by atoms with Crippen LogP contribution in [0.15, 0.2) is 24.5 Å². The fraction of sp³-hybridized carbons (Fsp3) is 0.643. The number of nitrogens with zero attached hydrogens (tertiary/aromatic N) is 1. The molecule has 0 amide bonds. The van der Waals surface area contributed by atoms with Gasteiger partial charge in [0.2, 0.25) is 0 Å². The second-order valence-corrected chi connectivity index (χ2v) is 5.41. The quantitative estimate of drug-likeness (QED) is 0.862. The number of rotatable bonds is 3. The lowest BCUT2D eigenvalue weighted by atomic mass is 9.71. The third-order valence-corrected chi connectivity index (χ3v) is 4.19. The van der Waals surface area contributed by atoms with E-state index < -0.39 is 0 Å². The third kappa shape index (κ3) is 2.22. The zero-order valence-electron chi connectivity index (χ0n) is 10.2. The van der Waals surface area contributed by atoms with E-state index in [1.807, 2.05) is 12.4 Å². The molecule has 0 bridgehead atoms. The first-order valence-electron chi connectivity index (χ1n) is 6.58. The van der Waals surface area contributed by atoms with Gasteiger partial charge in [-0.25, -0.2) is 0 Å². The van der Waals surface area contributed by atoms with Gasteiger partial charge >= 0.3 is 0 Å². The summed E-state index contributed by atoms with van der Waals surface area (Å²) >= 11 is 0. The normalized spacial score (nSPS) is 24.2. The van der Waals surface area contributed by atoms with Crippen molar-refractivity contribution in [1.29, 1.82) is 0 Å². The van der Waals surface area contributed by atoms with E-state index in [2.05, 4.69) is 22.4 Å². The summed E-state index contributed by atoms with van der Waals surface area (Å²) in [6.45, 7) is 4.14. The van der Waals surface area contributed by atoms with E-state index in [-0.39, 0.29) is 5.41 Å². The van der Waals surface area contributed by atoms with Gasteiger partial charge in [0.15, 0.2) is 0 Å². The van der Waals surface area contributed by atoms with E-state index in [0.29, 0.717) is 0 Å². The summed E-state index contributed by atoms with van der Waals surface area (Å²) in [6, 6.07) is 4.31. The molecule has 2 aliphatic rings. The first-order valence-corrected chi connectivity index (χ1v) is 6.58. The van der Waals surface area contributed by atoms with Gasteiger partial charge in [-0.1, -0.05) is 0 Å². The SMILES string of the molecule is c1cc(C2(CC3CCNCC3)COC2)ccn1. The van der Waals surface area contributed by atoms with Crippen molar-refractivity contribution < 1.29 is 4.74 Å². The van der Waals surface area contributed by atoms with E-state index in [1.165, 1.54) is 37.9 Å². The van der Waals surface area contributed by atoms with Gasteiger partial charge in [-0.15, -0.1) is 0 Å².